The van der Waals surface area contributed by atoms with Crippen LogP contribution in [0.3, 0.4) is 0 Å². The van der Waals surface area contributed by atoms with Crippen molar-refractivity contribution in [1.29, 1.82) is 0 Å². The number of amides is 2. The highest BCUT2D eigenvalue weighted by Crippen LogP contribution is 2.49. The summed E-state index contributed by atoms with van der Waals surface area (Å²) in [6, 6.07) is 11.2. The number of carbonyl (C=O) groups excluding carboxylic acids is 2. The summed E-state index contributed by atoms with van der Waals surface area (Å²) < 4.78 is 12.3. The summed E-state index contributed by atoms with van der Waals surface area (Å²) in [4.78, 5) is 25.9. The number of nitrogens with zero attached hydrogens (tertiary/aromatic N) is 2. The Morgan fingerprint density at radius 2 is 1.79 bits per heavy atom. The third-order valence-corrected chi connectivity index (χ3v) is 7.81. The van der Waals surface area contributed by atoms with E-state index in [1.165, 1.54) is 6.21 Å². The SMILES string of the molecule is COc1cc(/C=N\N2C(=O)[C@@H]3[C@H](C2=O)[C@H]2C=C[C@H]3CC2)cc(I)c1OCc1ccccc1Cl. The van der Waals surface area contributed by atoms with E-state index in [0.717, 1.165) is 27.0 Å². The molecular weight excluding hydrogens is 555 g/mol. The second kappa shape index (κ2) is 9.10. The van der Waals surface area contributed by atoms with Crippen LogP contribution in [0.25, 0.3) is 0 Å². The predicted octanol–water partition coefficient (Wildman–Crippen LogP) is 5.06. The number of allylic oxidation sites excluding steroid dienone is 2. The molecule has 3 aliphatic carbocycles. The zero-order valence-electron chi connectivity index (χ0n) is 17.9. The minimum atomic E-state index is -0.270. The van der Waals surface area contributed by atoms with Gasteiger partial charge in [-0.2, -0.15) is 10.1 Å². The van der Waals surface area contributed by atoms with Crippen molar-refractivity contribution in [1.82, 2.24) is 5.01 Å². The highest BCUT2D eigenvalue weighted by atomic mass is 127. The zero-order valence-corrected chi connectivity index (χ0v) is 20.8. The van der Waals surface area contributed by atoms with E-state index < -0.39 is 0 Å². The molecule has 1 saturated carbocycles. The van der Waals surface area contributed by atoms with Gasteiger partial charge in [0.1, 0.15) is 6.61 Å². The summed E-state index contributed by atoms with van der Waals surface area (Å²) in [5.41, 5.74) is 1.58. The van der Waals surface area contributed by atoms with Crippen LogP contribution >= 0.6 is 34.2 Å². The second-order valence-electron chi connectivity index (χ2n) is 8.49. The number of methoxy groups -OCH3 is 1. The van der Waals surface area contributed by atoms with Crippen molar-refractivity contribution in [3.63, 3.8) is 0 Å². The van der Waals surface area contributed by atoms with E-state index in [1.54, 1.807) is 13.2 Å². The molecule has 1 heterocycles. The van der Waals surface area contributed by atoms with Gasteiger partial charge in [-0.15, -0.1) is 0 Å². The Bertz CT molecular complexity index is 1150. The second-order valence-corrected chi connectivity index (χ2v) is 10.1. The molecule has 8 heteroatoms. The normalized spacial score (nSPS) is 25.7. The van der Waals surface area contributed by atoms with Gasteiger partial charge >= 0.3 is 0 Å². The van der Waals surface area contributed by atoms with Crippen molar-refractivity contribution in [2.24, 2.45) is 28.8 Å². The van der Waals surface area contributed by atoms with Crippen LogP contribution in [-0.2, 0) is 16.2 Å². The van der Waals surface area contributed by atoms with Crippen LogP contribution in [0.2, 0.25) is 5.02 Å². The standard InChI is InChI=1S/C25H22ClIN2O4/c1-32-20-11-14(10-19(27)23(20)33-13-17-4-2-3-5-18(17)26)12-28-29-24(30)21-15-6-7-16(9-8-15)22(21)25(29)31/h2-7,10-12,15-16,21-22H,8-9,13H2,1H3/b28-12-/t15-,16-,21-,22+/m0/s1. The molecule has 0 unspecified atom stereocenters. The molecule has 1 saturated heterocycles. The van der Waals surface area contributed by atoms with Crippen LogP contribution in [0.1, 0.15) is 24.0 Å². The number of halogens is 2. The zero-order chi connectivity index (χ0) is 23.1. The quantitative estimate of drug-likeness (QED) is 0.209. The summed E-state index contributed by atoms with van der Waals surface area (Å²) >= 11 is 8.40. The van der Waals surface area contributed by atoms with Crippen molar-refractivity contribution >= 4 is 52.2 Å². The molecule has 2 aromatic rings. The highest BCUT2D eigenvalue weighted by Gasteiger charge is 2.56. The van der Waals surface area contributed by atoms with Gasteiger partial charge in [-0.25, -0.2) is 0 Å². The van der Waals surface area contributed by atoms with Crippen LogP contribution in [-0.4, -0.2) is 30.1 Å². The average molecular weight is 577 g/mol. The number of fused-ring (bicyclic) bond motifs is 1. The Balaban J connectivity index is 1.35. The Kier molecular flexibility index (Phi) is 6.18. The molecule has 1 aliphatic heterocycles. The van der Waals surface area contributed by atoms with Gasteiger partial charge in [-0.1, -0.05) is 42.0 Å². The van der Waals surface area contributed by atoms with E-state index in [4.69, 9.17) is 21.1 Å². The van der Waals surface area contributed by atoms with Crippen LogP contribution < -0.4 is 9.47 Å². The monoisotopic (exact) mass is 576 g/mol. The lowest BCUT2D eigenvalue weighted by molar-refractivity contribution is -0.140. The average Bonchev–Trinajstić information content (AvgIpc) is 3.10. The molecule has 2 bridgehead atoms. The lowest BCUT2D eigenvalue weighted by Crippen LogP contribution is -2.38. The summed E-state index contributed by atoms with van der Waals surface area (Å²) in [5.74, 6) is 0.493. The molecule has 0 aromatic heterocycles. The minimum Gasteiger partial charge on any atom is -0.493 e. The van der Waals surface area contributed by atoms with Crippen LogP contribution in [0.5, 0.6) is 11.5 Å². The summed E-state index contributed by atoms with van der Waals surface area (Å²) in [5, 5.41) is 5.99. The van der Waals surface area contributed by atoms with Crippen LogP contribution in [0, 0.1) is 27.2 Å². The van der Waals surface area contributed by atoms with Crippen molar-refractivity contribution < 1.29 is 19.1 Å². The maximum absolute atomic E-state index is 13.0. The lowest BCUT2D eigenvalue weighted by Gasteiger charge is -2.37. The van der Waals surface area contributed by atoms with Gasteiger partial charge in [0.2, 0.25) is 0 Å². The lowest BCUT2D eigenvalue weighted by atomic mass is 9.63. The van der Waals surface area contributed by atoms with Crippen molar-refractivity contribution in [3.8, 4) is 11.5 Å². The Morgan fingerprint density at radius 3 is 2.39 bits per heavy atom. The van der Waals surface area contributed by atoms with Crippen molar-refractivity contribution in [2.75, 3.05) is 7.11 Å². The topological polar surface area (TPSA) is 68.2 Å². The third kappa shape index (κ3) is 4.05. The number of carbonyl (C=O) groups is 2. The number of rotatable bonds is 6. The highest BCUT2D eigenvalue weighted by molar-refractivity contribution is 14.1. The third-order valence-electron chi connectivity index (χ3n) is 6.64. The number of hydrogen-bond donors (Lipinski definition) is 0. The molecule has 2 aromatic carbocycles. The van der Waals surface area contributed by atoms with Gasteiger partial charge in [0.25, 0.3) is 11.8 Å². The predicted molar refractivity (Wildman–Crippen MR) is 133 cm³/mol. The van der Waals surface area contributed by atoms with Gasteiger partial charge in [0.05, 0.1) is 28.7 Å². The summed E-state index contributed by atoms with van der Waals surface area (Å²) in [7, 11) is 1.57. The van der Waals surface area contributed by atoms with E-state index in [9.17, 15) is 9.59 Å². The van der Waals surface area contributed by atoms with E-state index in [0.29, 0.717) is 28.7 Å². The van der Waals surface area contributed by atoms with Crippen molar-refractivity contribution in [3.05, 3.63) is 68.3 Å². The summed E-state index contributed by atoms with van der Waals surface area (Å²) in [6.07, 6.45) is 7.66. The van der Waals surface area contributed by atoms with Gasteiger partial charge in [-0.05, 0) is 71.0 Å². The van der Waals surface area contributed by atoms with E-state index in [-0.39, 0.29) is 35.5 Å². The fraction of sp³-hybridized carbons (Fsp3) is 0.320. The Hall–Kier alpha value is -2.39. The van der Waals surface area contributed by atoms with E-state index in [1.807, 2.05) is 30.3 Å². The first-order valence-corrected chi connectivity index (χ1v) is 12.3. The van der Waals surface area contributed by atoms with Gasteiger partial charge in [0, 0.05) is 10.6 Å². The fourth-order valence-electron chi connectivity index (χ4n) is 5.02. The number of hydrogen-bond acceptors (Lipinski definition) is 5. The number of hydrazone groups is 1. The molecule has 4 atom stereocenters. The van der Waals surface area contributed by atoms with E-state index >= 15 is 0 Å². The van der Waals surface area contributed by atoms with Crippen LogP contribution in [0.4, 0.5) is 0 Å². The van der Waals surface area contributed by atoms with Gasteiger partial charge in [-0.3, -0.25) is 9.59 Å². The molecule has 0 N–H and O–H groups in total. The van der Waals surface area contributed by atoms with Gasteiger partial charge in [0.15, 0.2) is 11.5 Å². The largest absolute Gasteiger partial charge is 0.493 e. The molecule has 2 amide bonds. The fourth-order valence-corrected chi connectivity index (χ4v) is 5.99. The molecule has 2 fully saturated rings. The van der Waals surface area contributed by atoms with Crippen LogP contribution in [0.15, 0.2) is 53.7 Å². The number of ether oxygens (including phenoxy) is 2. The first-order valence-electron chi connectivity index (χ1n) is 10.8. The molecule has 0 spiro atoms. The first-order chi connectivity index (χ1) is 16.0. The maximum Gasteiger partial charge on any atom is 0.254 e. The smallest absolute Gasteiger partial charge is 0.254 e. The Morgan fingerprint density at radius 1 is 1.12 bits per heavy atom. The van der Waals surface area contributed by atoms with Gasteiger partial charge < -0.3 is 9.47 Å². The molecule has 170 valence electrons. The first kappa shape index (κ1) is 22.4. The molecule has 33 heavy (non-hydrogen) atoms. The van der Waals surface area contributed by atoms with Crippen molar-refractivity contribution in [2.45, 2.75) is 19.4 Å². The maximum atomic E-state index is 13.0. The van der Waals surface area contributed by atoms with E-state index in [2.05, 4.69) is 39.8 Å². The molecule has 6 rings (SSSR count). The number of benzene rings is 2. The molecule has 6 nitrogen and oxygen atoms in total. The molecular formula is C25H22ClIN2O4. The minimum absolute atomic E-state index is 0.146. The Labute approximate surface area is 210 Å². The number of imide groups is 1. The molecule has 4 aliphatic rings. The molecule has 0 radical (unpaired) electrons. The summed E-state index contributed by atoms with van der Waals surface area (Å²) in [6.45, 7) is 0.301.